The predicted molar refractivity (Wildman–Crippen MR) is 95.3 cm³/mol. The van der Waals surface area contributed by atoms with Gasteiger partial charge in [-0.25, -0.2) is 4.79 Å². The van der Waals surface area contributed by atoms with Crippen LogP contribution in [0.25, 0.3) is 0 Å². The maximum absolute atomic E-state index is 12.6. The van der Waals surface area contributed by atoms with Gasteiger partial charge in [-0.3, -0.25) is 4.79 Å². The molecule has 6 heteroatoms. The molecule has 1 aromatic rings. The first-order valence-corrected chi connectivity index (χ1v) is 8.59. The Balaban J connectivity index is 2.00. The fourth-order valence-electron chi connectivity index (χ4n) is 2.66. The molecule has 132 valence electrons. The first-order valence-electron chi connectivity index (χ1n) is 8.21. The number of rotatable bonds is 2. The van der Waals surface area contributed by atoms with Crippen molar-refractivity contribution in [3.63, 3.8) is 0 Å². The van der Waals surface area contributed by atoms with E-state index < -0.39 is 5.60 Å². The summed E-state index contributed by atoms with van der Waals surface area (Å²) in [4.78, 5) is 26.4. The van der Waals surface area contributed by atoms with Crippen molar-refractivity contribution in [3.05, 3.63) is 28.8 Å². The highest BCUT2D eigenvalue weighted by molar-refractivity contribution is 6.31. The zero-order valence-corrected chi connectivity index (χ0v) is 15.4. The van der Waals surface area contributed by atoms with Gasteiger partial charge in [0.15, 0.2) is 0 Å². The van der Waals surface area contributed by atoms with Gasteiger partial charge in [0.05, 0.1) is 5.92 Å². The van der Waals surface area contributed by atoms with Crippen LogP contribution in [-0.2, 0) is 9.53 Å². The molecule has 0 saturated carbocycles. The molecule has 0 radical (unpaired) electrons. The van der Waals surface area contributed by atoms with Crippen LogP contribution in [0.15, 0.2) is 18.2 Å². The SMILES string of the molecule is Cc1c(Cl)cccc1NC(=O)C1CCCN(C(=O)OC(C)(C)C)C1. The third kappa shape index (κ3) is 4.87. The van der Waals surface area contributed by atoms with Gasteiger partial charge in [-0.05, 0) is 58.2 Å². The van der Waals surface area contributed by atoms with Gasteiger partial charge in [-0.15, -0.1) is 0 Å². The number of nitrogens with one attached hydrogen (secondary N) is 1. The topological polar surface area (TPSA) is 58.6 Å². The molecule has 1 aliphatic rings. The summed E-state index contributed by atoms with van der Waals surface area (Å²) >= 11 is 6.09. The summed E-state index contributed by atoms with van der Waals surface area (Å²) in [7, 11) is 0. The standard InChI is InChI=1S/C18H25ClN2O3/c1-12-14(19)8-5-9-15(12)20-16(22)13-7-6-10-21(11-13)17(23)24-18(2,3)4/h5,8-9,13H,6-7,10-11H2,1-4H3,(H,20,22). The number of ether oxygens (including phenoxy) is 1. The first-order chi connectivity index (χ1) is 11.2. The van der Waals surface area contributed by atoms with Crippen molar-refractivity contribution >= 4 is 29.3 Å². The Bertz CT molecular complexity index is 625. The minimum atomic E-state index is -0.538. The Morgan fingerprint density at radius 3 is 2.71 bits per heavy atom. The van der Waals surface area contributed by atoms with E-state index in [9.17, 15) is 9.59 Å². The van der Waals surface area contributed by atoms with Gasteiger partial charge < -0.3 is 15.0 Å². The number of nitrogens with zero attached hydrogens (tertiary/aromatic N) is 1. The van der Waals surface area contributed by atoms with Crippen molar-refractivity contribution < 1.29 is 14.3 Å². The van der Waals surface area contributed by atoms with E-state index in [-0.39, 0.29) is 17.9 Å². The van der Waals surface area contributed by atoms with E-state index in [0.717, 1.165) is 18.4 Å². The van der Waals surface area contributed by atoms with Gasteiger partial charge in [-0.2, -0.15) is 0 Å². The van der Waals surface area contributed by atoms with E-state index in [2.05, 4.69) is 5.32 Å². The summed E-state index contributed by atoms with van der Waals surface area (Å²) in [6, 6.07) is 5.42. The molecule has 24 heavy (non-hydrogen) atoms. The van der Waals surface area contributed by atoms with E-state index >= 15 is 0 Å². The molecule has 2 rings (SSSR count). The minimum Gasteiger partial charge on any atom is -0.444 e. The molecule has 1 atom stereocenters. The number of carbonyl (C=O) groups excluding carboxylic acids is 2. The van der Waals surface area contributed by atoms with Gasteiger partial charge in [0.1, 0.15) is 5.60 Å². The average Bonchev–Trinajstić information content (AvgIpc) is 2.50. The third-order valence-corrected chi connectivity index (χ3v) is 4.38. The van der Waals surface area contributed by atoms with E-state index in [1.165, 1.54) is 0 Å². The lowest BCUT2D eigenvalue weighted by Gasteiger charge is -2.33. The highest BCUT2D eigenvalue weighted by Crippen LogP contribution is 2.25. The van der Waals surface area contributed by atoms with E-state index in [4.69, 9.17) is 16.3 Å². The van der Waals surface area contributed by atoms with Crippen molar-refractivity contribution in [2.24, 2.45) is 5.92 Å². The molecule has 1 aromatic carbocycles. The highest BCUT2D eigenvalue weighted by atomic mass is 35.5. The van der Waals surface area contributed by atoms with Crippen LogP contribution in [0, 0.1) is 12.8 Å². The molecule has 0 aliphatic carbocycles. The van der Waals surface area contributed by atoms with Crippen LogP contribution in [0.4, 0.5) is 10.5 Å². The maximum Gasteiger partial charge on any atom is 0.410 e. The first kappa shape index (κ1) is 18.6. The number of hydrogen-bond donors (Lipinski definition) is 1. The number of carbonyl (C=O) groups is 2. The quantitative estimate of drug-likeness (QED) is 0.866. The molecular formula is C18H25ClN2O3. The third-order valence-electron chi connectivity index (χ3n) is 3.97. The lowest BCUT2D eigenvalue weighted by Crippen LogP contribution is -2.45. The van der Waals surface area contributed by atoms with Crippen molar-refractivity contribution in [2.75, 3.05) is 18.4 Å². The van der Waals surface area contributed by atoms with Crippen LogP contribution >= 0.6 is 11.6 Å². The fourth-order valence-corrected chi connectivity index (χ4v) is 2.84. The van der Waals surface area contributed by atoms with Crippen molar-refractivity contribution in [1.82, 2.24) is 4.90 Å². The lowest BCUT2D eigenvalue weighted by atomic mass is 9.97. The van der Waals surface area contributed by atoms with E-state index in [1.807, 2.05) is 33.8 Å². The van der Waals surface area contributed by atoms with Gasteiger partial charge >= 0.3 is 6.09 Å². The zero-order valence-electron chi connectivity index (χ0n) is 14.7. The van der Waals surface area contributed by atoms with Crippen molar-refractivity contribution in [2.45, 2.75) is 46.1 Å². The van der Waals surface area contributed by atoms with Crippen LogP contribution in [-0.4, -0.2) is 35.6 Å². The summed E-state index contributed by atoms with van der Waals surface area (Å²) in [5, 5.41) is 3.54. The van der Waals surface area contributed by atoms with Crippen molar-refractivity contribution in [3.8, 4) is 0 Å². The minimum absolute atomic E-state index is 0.0892. The second kappa shape index (κ2) is 7.43. The number of hydrogen-bond acceptors (Lipinski definition) is 3. The van der Waals surface area contributed by atoms with Gasteiger partial charge in [0.2, 0.25) is 5.91 Å². The monoisotopic (exact) mass is 352 g/mol. The molecule has 1 fully saturated rings. The second-order valence-corrected chi connectivity index (χ2v) is 7.57. The number of amides is 2. The number of piperidine rings is 1. The van der Waals surface area contributed by atoms with Crippen LogP contribution in [0.3, 0.4) is 0 Å². The summed E-state index contributed by atoms with van der Waals surface area (Å²) < 4.78 is 5.40. The molecular weight excluding hydrogens is 328 g/mol. The molecule has 1 saturated heterocycles. The molecule has 1 heterocycles. The summed E-state index contributed by atoms with van der Waals surface area (Å²) in [5.41, 5.74) is 1.01. The molecule has 1 N–H and O–H groups in total. The van der Waals surface area contributed by atoms with Gasteiger partial charge in [-0.1, -0.05) is 17.7 Å². The Hall–Kier alpha value is -1.75. The molecule has 1 unspecified atom stereocenters. The zero-order chi connectivity index (χ0) is 17.9. The summed E-state index contributed by atoms with van der Waals surface area (Å²) in [5.74, 6) is -0.335. The van der Waals surface area contributed by atoms with Gasteiger partial charge in [0.25, 0.3) is 0 Å². The Morgan fingerprint density at radius 2 is 2.04 bits per heavy atom. The Morgan fingerprint density at radius 1 is 1.33 bits per heavy atom. The summed E-state index contributed by atoms with van der Waals surface area (Å²) in [6.45, 7) is 8.37. The van der Waals surface area contributed by atoms with Crippen molar-refractivity contribution in [1.29, 1.82) is 0 Å². The molecule has 0 spiro atoms. The number of likely N-dealkylation sites (tertiary alicyclic amines) is 1. The normalized spacial score (nSPS) is 18.2. The van der Waals surface area contributed by atoms with Gasteiger partial charge in [0, 0.05) is 23.8 Å². The second-order valence-electron chi connectivity index (χ2n) is 7.17. The van der Waals surface area contributed by atoms with E-state index in [1.54, 1.807) is 17.0 Å². The van der Waals surface area contributed by atoms with E-state index in [0.29, 0.717) is 23.8 Å². The number of benzene rings is 1. The van der Waals surface area contributed by atoms with Crippen LogP contribution in [0.5, 0.6) is 0 Å². The molecule has 5 nitrogen and oxygen atoms in total. The molecule has 2 amide bonds. The smallest absolute Gasteiger partial charge is 0.410 e. The molecule has 0 bridgehead atoms. The lowest BCUT2D eigenvalue weighted by molar-refractivity contribution is -0.121. The van der Waals surface area contributed by atoms with Crippen LogP contribution in [0.2, 0.25) is 5.02 Å². The average molecular weight is 353 g/mol. The molecule has 0 aromatic heterocycles. The number of halogens is 1. The number of anilines is 1. The van der Waals surface area contributed by atoms with Crippen LogP contribution in [0.1, 0.15) is 39.2 Å². The predicted octanol–water partition coefficient (Wildman–Crippen LogP) is 4.23. The fraction of sp³-hybridized carbons (Fsp3) is 0.556. The summed E-state index contributed by atoms with van der Waals surface area (Å²) in [6.07, 6.45) is 1.18. The Kier molecular flexibility index (Phi) is 5.75. The largest absolute Gasteiger partial charge is 0.444 e. The maximum atomic E-state index is 12.6. The van der Waals surface area contributed by atoms with Crippen LogP contribution < -0.4 is 5.32 Å². The highest BCUT2D eigenvalue weighted by Gasteiger charge is 2.31. The Labute approximate surface area is 148 Å². The molecule has 1 aliphatic heterocycles.